The Morgan fingerprint density at radius 1 is 0.938 bits per heavy atom. The molecule has 0 rings (SSSR count). The van der Waals surface area contributed by atoms with Crippen LogP contribution in [-0.2, 0) is 19.1 Å². The van der Waals surface area contributed by atoms with Crippen LogP contribution >= 0.6 is 0 Å². The van der Waals surface area contributed by atoms with Crippen molar-refractivity contribution in [3.8, 4) is 0 Å². The van der Waals surface area contributed by atoms with Crippen molar-refractivity contribution in [1.82, 2.24) is 10.6 Å². The summed E-state index contributed by atoms with van der Waals surface area (Å²) in [6.45, 7) is 2.95. The van der Waals surface area contributed by atoms with Crippen LogP contribution in [0.2, 0.25) is 0 Å². The highest BCUT2D eigenvalue weighted by Crippen LogP contribution is 1.90. The summed E-state index contributed by atoms with van der Waals surface area (Å²) in [6, 6.07) is -1.56. The Kier molecular flexibility index (Phi) is 5.91. The van der Waals surface area contributed by atoms with E-state index in [9.17, 15) is 14.4 Å². The number of nitrogens with one attached hydrogen (secondary N) is 2. The number of hydrogen-bond donors (Lipinski definition) is 2. The molecule has 7 heteroatoms. The van der Waals surface area contributed by atoms with Gasteiger partial charge in [-0.15, -0.1) is 0 Å². The van der Waals surface area contributed by atoms with Crippen LogP contribution in [0.15, 0.2) is 0 Å². The number of amides is 2. The summed E-state index contributed by atoms with van der Waals surface area (Å²) in [5, 5.41) is 4.64. The molecule has 92 valence electrons. The fraction of sp³-hybridized carbons (Fsp3) is 0.667. The van der Waals surface area contributed by atoms with Crippen LogP contribution in [0.5, 0.6) is 0 Å². The molecule has 2 N–H and O–H groups in total. The molecule has 0 saturated carbocycles. The van der Waals surface area contributed by atoms with Crippen molar-refractivity contribution in [3.63, 3.8) is 0 Å². The molecule has 2 unspecified atom stereocenters. The second-order valence-electron chi connectivity index (χ2n) is 3.11. The van der Waals surface area contributed by atoms with Gasteiger partial charge in [0.1, 0.15) is 12.1 Å². The van der Waals surface area contributed by atoms with Crippen LogP contribution in [-0.4, -0.2) is 44.3 Å². The molecule has 0 fully saturated rings. The molecule has 7 nitrogen and oxygen atoms in total. The second kappa shape index (κ2) is 6.65. The molecule has 0 saturated heterocycles. The fourth-order valence-corrected chi connectivity index (χ4v) is 0.875. The molecule has 0 aliphatic heterocycles. The first-order chi connectivity index (χ1) is 7.42. The molecule has 0 aromatic carbocycles. The van der Waals surface area contributed by atoms with Crippen molar-refractivity contribution >= 4 is 18.0 Å². The zero-order valence-electron chi connectivity index (χ0n) is 9.70. The second-order valence-corrected chi connectivity index (χ2v) is 3.11. The molecule has 0 spiro atoms. The van der Waals surface area contributed by atoms with Crippen molar-refractivity contribution in [2.75, 3.05) is 14.2 Å². The van der Waals surface area contributed by atoms with Gasteiger partial charge in [-0.2, -0.15) is 0 Å². The SMILES string of the molecule is COC(=O)NC(C)C(=O)NC(C)C(=O)OC. The van der Waals surface area contributed by atoms with Gasteiger partial charge in [0.05, 0.1) is 14.2 Å². The van der Waals surface area contributed by atoms with Crippen LogP contribution in [0.1, 0.15) is 13.8 Å². The van der Waals surface area contributed by atoms with E-state index in [4.69, 9.17) is 0 Å². The van der Waals surface area contributed by atoms with Crippen molar-refractivity contribution in [1.29, 1.82) is 0 Å². The van der Waals surface area contributed by atoms with Gasteiger partial charge < -0.3 is 20.1 Å². The first-order valence-corrected chi connectivity index (χ1v) is 4.65. The Morgan fingerprint density at radius 2 is 1.50 bits per heavy atom. The monoisotopic (exact) mass is 232 g/mol. The number of alkyl carbamates (subject to hydrolysis) is 1. The van der Waals surface area contributed by atoms with E-state index >= 15 is 0 Å². The Balaban J connectivity index is 4.15. The van der Waals surface area contributed by atoms with E-state index in [0.717, 1.165) is 0 Å². The lowest BCUT2D eigenvalue weighted by Gasteiger charge is -2.16. The largest absolute Gasteiger partial charge is 0.467 e. The number of rotatable bonds is 4. The van der Waals surface area contributed by atoms with Gasteiger partial charge in [0, 0.05) is 0 Å². The predicted molar refractivity (Wildman–Crippen MR) is 54.6 cm³/mol. The lowest BCUT2D eigenvalue weighted by atomic mass is 10.2. The average molecular weight is 232 g/mol. The third kappa shape index (κ3) is 4.63. The summed E-state index contributed by atoms with van der Waals surface area (Å²) in [6.07, 6.45) is -0.714. The Bertz CT molecular complexity index is 279. The number of ether oxygens (including phenoxy) is 2. The maximum Gasteiger partial charge on any atom is 0.407 e. The van der Waals surface area contributed by atoms with E-state index in [1.165, 1.54) is 28.1 Å². The van der Waals surface area contributed by atoms with Crippen molar-refractivity contribution in [3.05, 3.63) is 0 Å². The maximum atomic E-state index is 11.4. The molecular formula is C9H16N2O5. The van der Waals surface area contributed by atoms with Crippen LogP contribution < -0.4 is 10.6 Å². The highest BCUT2D eigenvalue weighted by Gasteiger charge is 2.21. The third-order valence-electron chi connectivity index (χ3n) is 1.83. The first-order valence-electron chi connectivity index (χ1n) is 4.65. The third-order valence-corrected chi connectivity index (χ3v) is 1.83. The van der Waals surface area contributed by atoms with Crippen molar-refractivity contribution < 1.29 is 23.9 Å². The zero-order valence-corrected chi connectivity index (χ0v) is 9.70. The standard InChI is InChI=1S/C9H16N2O5/c1-5(11-9(14)16-4)7(12)10-6(2)8(13)15-3/h5-6H,1-4H3,(H,10,12)(H,11,14). The molecule has 2 amide bonds. The van der Waals surface area contributed by atoms with Gasteiger partial charge in [0.15, 0.2) is 0 Å². The van der Waals surface area contributed by atoms with Gasteiger partial charge in [-0.05, 0) is 13.8 Å². The smallest absolute Gasteiger partial charge is 0.407 e. The average Bonchev–Trinajstić information content (AvgIpc) is 2.27. The molecule has 2 atom stereocenters. The molecule has 16 heavy (non-hydrogen) atoms. The fourth-order valence-electron chi connectivity index (χ4n) is 0.875. The molecule has 0 radical (unpaired) electrons. The zero-order chi connectivity index (χ0) is 12.7. The summed E-state index contributed by atoms with van der Waals surface area (Å²) in [5.41, 5.74) is 0. The van der Waals surface area contributed by atoms with Gasteiger partial charge in [-0.25, -0.2) is 9.59 Å². The summed E-state index contributed by atoms with van der Waals surface area (Å²) >= 11 is 0. The lowest BCUT2D eigenvalue weighted by Crippen LogP contribution is -2.49. The van der Waals surface area contributed by atoms with E-state index in [-0.39, 0.29) is 0 Å². The molecule has 0 aliphatic rings. The minimum absolute atomic E-state index is 0.497. The van der Waals surface area contributed by atoms with E-state index < -0.39 is 30.1 Å². The maximum absolute atomic E-state index is 11.4. The van der Waals surface area contributed by atoms with E-state index in [0.29, 0.717) is 0 Å². The topological polar surface area (TPSA) is 93.7 Å². The molecule has 0 bridgehead atoms. The highest BCUT2D eigenvalue weighted by molar-refractivity contribution is 5.89. The van der Waals surface area contributed by atoms with E-state index in [1.807, 2.05) is 0 Å². The van der Waals surface area contributed by atoms with E-state index in [1.54, 1.807) is 0 Å². The Morgan fingerprint density at radius 3 is 1.94 bits per heavy atom. The lowest BCUT2D eigenvalue weighted by molar-refractivity contribution is -0.144. The number of hydrogen-bond acceptors (Lipinski definition) is 5. The van der Waals surface area contributed by atoms with Gasteiger partial charge in [-0.3, -0.25) is 4.79 Å². The van der Waals surface area contributed by atoms with Crippen molar-refractivity contribution in [2.45, 2.75) is 25.9 Å². The molecule has 0 aliphatic carbocycles. The molecular weight excluding hydrogens is 216 g/mol. The number of methoxy groups -OCH3 is 2. The Labute approximate surface area is 93.5 Å². The van der Waals surface area contributed by atoms with Crippen LogP contribution in [0.4, 0.5) is 4.79 Å². The predicted octanol–water partition coefficient (Wildman–Crippen LogP) is -0.591. The van der Waals surface area contributed by atoms with Gasteiger partial charge >= 0.3 is 12.1 Å². The van der Waals surface area contributed by atoms with Gasteiger partial charge in [-0.1, -0.05) is 0 Å². The summed E-state index contributed by atoms with van der Waals surface area (Å²) in [4.78, 5) is 33.2. The van der Waals surface area contributed by atoms with Crippen molar-refractivity contribution in [2.24, 2.45) is 0 Å². The summed E-state index contributed by atoms with van der Waals surface area (Å²) in [5.74, 6) is -1.05. The summed E-state index contributed by atoms with van der Waals surface area (Å²) in [7, 11) is 2.41. The molecule has 0 aromatic rings. The number of carbonyl (C=O) groups excluding carboxylic acids is 3. The van der Waals surface area contributed by atoms with Gasteiger partial charge in [0.2, 0.25) is 5.91 Å². The first kappa shape index (κ1) is 14.2. The van der Waals surface area contributed by atoms with Crippen LogP contribution in [0.25, 0.3) is 0 Å². The van der Waals surface area contributed by atoms with E-state index in [2.05, 4.69) is 20.1 Å². The van der Waals surface area contributed by atoms with Crippen LogP contribution in [0.3, 0.4) is 0 Å². The number of esters is 1. The normalized spacial score (nSPS) is 13.2. The summed E-state index contributed by atoms with van der Waals surface area (Å²) < 4.78 is 8.75. The minimum atomic E-state index is -0.792. The molecule has 0 heterocycles. The minimum Gasteiger partial charge on any atom is -0.467 e. The highest BCUT2D eigenvalue weighted by atomic mass is 16.5. The van der Waals surface area contributed by atoms with Crippen LogP contribution in [0, 0.1) is 0 Å². The quantitative estimate of drug-likeness (QED) is 0.632. The Hall–Kier alpha value is -1.79. The van der Waals surface area contributed by atoms with Gasteiger partial charge in [0.25, 0.3) is 0 Å². The number of carbonyl (C=O) groups is 3. The molecule has 0 aromatic heterocycles.